The molecule has 0 saturated carbocycles. The van der Waals surface area contributed by atoms with Crippen LogP contribution in [0, 0.1) is 0 Å². The molecule has 2 aromatic heterocycles. The molecule has 2 heteroatoms. The van der Waals surface area contributed by atoms with Crippen LogP contribution in [0.2, 0.25) is 0 Å². The molecule has 0 saturated heterocycles. The summed E-state index contributed by atoms with van der Waals surface area (Å²) in [4.78, 5) is 3.69. The molecule has 0 bridgehead atoms. The van der Waals surface area contributed by atoms with E-state index < -0.39 is 0 Å². The maximum absolute atomic E-state index is 3.69. The smallest absolute Gasteiger partial charge is 0.0544 e. The molecular weight excluding hydrogens is 508 g/mol. The van der Waals surface area contributed by atoms with Gasteiger partial charge in [-0.3, -0.25) is 0 Å². The minimum Gasteiger partial charge on any atom is -0.354 e. The van der Waals surface area contributed by atoms with E-state index >= 15 is 0 Å². The van der Waals surface area contributed by atoms with E-state index in [-0.39, 0.29) is 0 Å². The number of nitrogens with one attached hydrogen (secondary N) is 1. The molecule has 42 heavy (non-hydrogen) atoms. The number of aromatic nitrogens is 2. The maximum atomic E-state index is 3.69. The van der Waals surface area contributed by atoms with Crippen LogP contribution in [0.5, 0.6) is 0 Å². The normalized spacial score (nSPS) is 11.8. The number of rotatable bonds is 3. The number of hydrogen-bond donors (Lipinski definition) is 1. The highest BCUT2D eigenvalue weighted by atomic mass is 15.0. The molecule has 0 atom stereocenters. The predicted molar refractivity (Wildman–Crippen MR) is 179 cm³/mol. The van der Waals surface area contributed by atoms with Gasteiger partial charge in [-0.05, 0) is 70.1 Å². The molecule has 0 spiro atoms. The van der Waals surface area contributed by atoms with Crippen molar-refractivity contribution >= 4 is 54.4 Å². The van der Waals surface area contributed by atoms with Gasteiger partial charge in [0.2, 0.25) is 0 Å². The maximum Gasteiger partial charge on any atom is 0.0544 e. The van der Waals surface area contributed by atoms with E-state index in [0.29, 0.717) is 0 Å². The molecule has 2 heterocycles. The highest BCUT2D eigenvalue weighted by molar-refractivity contribution is 6.21. The number of aromatic amines is 1. The van der Waals surface area contributed by atoms with Gasteiger partial charge in [-0.25, -0.2) is 0 Å². The summed E-state index contributed by atoms with van der Waals surface area (Å²) >= 11 is 0. The molecule has 0 aliphatic rings. The van der Waals surface area contributed by atoms with Crippen molar-refractivity contribution in [3.05, 3.63) is 152 Å². The summed E-state index contributed by atoms with van der Waals surface area (Å²) in [5.41, 5.74) is 10.9. The van der Waals surface area contributed by atoms with E-state index in [2.05, 4.69) is 161 Å². The second-order valence-electron chi connectivity index (χ2n) is 11.1. The van der Waals surface area contributed by atoms with Gasteiger partial charge in [-0.15, -0.1) is 0 Å². The highest BCUT2D eigenvalue weighted by Crippen LogP contribution is 2.40. The summed E-state index contributed by atoms with van der Waals surface area (Å²) < 4.78 is 2.39. The van der Waals surface area contributed by atoms with Crippen LogP contribution < -0.4 is 0 Å². The number of para-hydroxylation sites is 2. The third-order valence-electron chi connectivity index (χ3n) is 8.74. The standard InChI is InChI=1S/C40H26N2/c1-2-10-26(11-3-1)27-18-21-29(22-19-27)42-38-17-9-7-14-32(38)35-24-28(20-23-39(35)42)34-25-36-31-13-6-8-16-37(31)41-40(36)33-15-5-4-12-30(33)34/h1-25,41H. The first-order chi connectivity index (χ1) is 20.8. The first-order valence-electron chi connectivity index (χ1n) is 14.5. The molecule has 0 radical (unpaired) electrons. The topological polar surface area (TPSA) is 20.7 Å². The van der Waals surface area contributed by atoms with Crippen molar-refractivity contribution in [2.75, 3.05) is 0 Å². The van der Waals surface area contributed by atoms with Crippen molar-refractivity contribution < 1.29 is 0 Å². The fraction of sp³-hybridized carbons (Fsp3) is 0. The van der Waals surface area contributed by atoms with Crippen LogP contribution in [-0.4, -0.2) is 9.55 Å². The first-order valence-corrected chi connectivity index (χ1v) is 14.5. The molecule has 2 nitrogen and oxygen atoms in total. The van der Waals surface area contributed by atoms with Crippen molar-refractivity contribution in [3.63, 3.8) is 0 Å². The fourth-order valence-corrected chi connectivity index (χ4v) is 6.78. The van der Waals surface area contributed by atoms with E-state index in [0.717, 1.165) is 0 Å². The Balaban J connectivity index is 1.27. The summed E-state index contributed by atoms with van der Waals surface area (Å²) in [6.07, 6.45) is 0. The summed E-state index contributed by atoms with van der Waals surface area (Å²) in [5.74, 6) is 0. The number of H-pyrrole nitrogens is 1. The Labute approximate surface area is 243 Å². The fourth-order valence-electron chi connectivity index (χ4n) is 6.78. The lowest BCUT2D eigenvalue weighted by Gasteiger charge is -2.11. The Kier molecular flexibility index (Phi) is 4.93. The lowest BCUT2D eigenvalue weighted by atomic mass is 9.94. The lowest BCUT2D eigenvalue weighted by Crippen LogP contribution is -1.93. The second kappa shape index (κ2) is 8.95. The van der Waals surface area contributed by atoms with E-state index in [9.17, 15) is 0 Å². The second-order valence-corrected chi connectivity index (χ2v) is 11.1. The summed E-state index contributed by atoms with van der Waals surface area (Å²) in [7, 11) is 0. The Bertz CT molecular complexity index is 2440. The summed E-state index contributed by atoms with van der Waals surface area (Å²) in [6, 6.07) is 54.9. The van der Waals surface area contributed by atoms with Crippen LogP contribution >= 0.6 is 0 Å². The monoisotopic (exact) mass is 534 g/mol. The van der Waals surface area contributed by atoms with E-state index in [1.54, 1.807) is 0 Å². The molecule has 0 amide bonds. The van der Waals surface area contributed by atoms with Crippen LogP contribution in [0.15, 0.2) is 152 Å². The SMILES string of the molecule is c1ccc(-c2ccc(-n3c4ccccc4c4cc(-c5cc6c7ccccc7[nH]c6c6ccccc56)ccc43)cc2)cc1. The van der Waals surface area contributed by atoms with Crippen molar-refractivity contribution in [2.45, 2.75) is 0 Å². The zero-order valence-corrected chi connectivity index (χ0v) is 22.9. The number of hydrogen-bond acceptors (Lipinski definition) is 0. The van der Waals surface area contributed by atoms with Gasteiger partial charge in [0.1, 0.15) is 0 Å². The lowest BCUT2D eigenvalue weighted by molar-refractivity contribution is 1.18. The van der Waals surface area contributed by atoms with Crippen LogP contribution in [0.3, 0.4) is 0 Å². The van der Waals surface area contributed by atoms with Crippen LogP contribution in [0.4, 0.5) is 0 Å². The van der Waals surface area contributed by atoms with Crippen molar-refractivity contribution in [1.29, 1.82) is 0 Å². The van der Waals surface area contributed by atoms with Gasteiger partial charge in [-0.2, -0.15) is 0 Å². The molecule has 0 aliphatic heterocycles. The minimum absolute atomic E-state index is 1.17. The third kappa shape index (κ3) is 3.39. The van der Waals surface area contributed by atoms with E-state index in [4.69, 9.17) is 0 Å². The zero-order chi connectivity index (χ0) is 27.6. The molecule has 7 aromatic carbocycles. The summed E-state index contributed by atoms with van der Waals surface area (Å²) in [6.45, 7) is 0. The van der Waals surface area contributed by atoms with Crippen LogP contribution in [0.1, 0.15) is 0 Å². The Morgan fingerprint density at radius 1 is 0.381 bits per heavy atom. The average molecular weight is 535 g/mol. The van der Waals surface area contributed by atoms with Crippen molar-refractivity contribution in [2.24, 2.45) is 0 Å². The van der Waals surface area contributed by atoms with Crippen LogP contribution in [0.25, 0.3) is 82.3 Å². The number of benzene rings is 7. The molecule has 0 fully saturated rings. The van der Waals surface area contributed by atoms with E-state index in [1.807, 2.05) is 0 Å². The largest absolute Gasteiger partial charge is 0.354 e. The summed E-state index contributed by atoms with van der Waals surface area (Å²) in [5, 5.41) is 7.56. The number of fused-ring (bicyclic) bond motifs is 8. The Morgan fingerprint density at radius 3 is 1.83 bits per heavy atom. The first kappa shape index (κ1) is 23.1. The third-order valence-corrected chi connectivity index (χ3v) is 8.74. The van der Waals surface area contributed by atoms with E-state index in [1.165, 1.54) is 82.3 Å². The zero-order valence-electron chi connectivity index (χ0n) is 22.9. The van der Waals surface area contributed by atoms with Crippen molar-refractivity contribution in [1.82, 2.24) is 9.55 Å². The number of nitrogens with zero attached hydrogens (tertiary/aromatic N) is 1. The van der Waals surface area contributed by atoms with Gasteiger partial charge in [0, 0.05) is 38.1 Å². The van der Waals surface area contributed by atoms with Crippen LogP contribution in [-0.2, 0) is 0 Å². The molecule has 1 N–H and O–H groups in total. The highest BCUT2D eigenvalue weighted by Gasteiger charge is 2.16. The predicted octanol–water partition coefficient (Wildman–Crippen LogP) is 10.9. The molecule has 196 valence electrons. The van der Waals surface area contributed by atoms with Gasteiger partial charge < -0.3 is 9.55 Å². The Hall–Kier alpha value is -5.60. The quantitative estimate of drug-likeness (QED) is 0.233. The van der Waals surface area contributed by atoms with Gasteiger partial charge in [-0.1, -0.05) is 109 Å². The van der Waals surface area contributed by atoms with Gasteiger partial charge in [0.25, 0.3) is 0 Å². The van der Waals surface area contributed by atoms with Gasteiger partial charge in [0.15, 0.2) is 0 Å². The minimum atomic E-state index is 1.17. The van der Waals surface area contributed by atoms with Gasteiger partial charge >= 0.3 is 0 Å². The Morgan fingerprint density at radius 2 is 1.00 bits per heavy atom. The van der Waals surface area contributed by atoms with Crippen molar-refractivity contribution in [3.8, 4) is 27.9 Å². The molecule has 0 aliphatic carbocycles. The molecule has 9 rings (SSSR count). The molecular formula is C40H26N2. The molecule has 9 aromatic rings. The average Bonchev–Trinajstić information content (AvgIpc) is 3.60. The van der Waals surface area contributed by atoms with Gasteiger partial charge in [0.05, 0.1) is 16.6 Å². The molecule has 0 unspecified atom stereocenters.